The number of rotatable bonds is 8. The molecule has 2 aromatic rings. The topological polar surface area (TPSA) is 78.4 Å². The molecule has 166 valence electrons. The third-order valence-corrected chi connectivity index (χ3v) is 5.18. The second-order valence-electron chi connectivity index (χ2n) is 6.08. The fraction of sp³-hybridized carbons (Fsp3) is 0.421. The molecule has 0 aliphatic carbocycles. The maximum absolute atomic E-state index is 12.6. The van der Waals surface area contributed by atoms with E-state index in [0.717, 1.165) is 42.1 Å². The van der Waals surface area contributed by atoms with E-state index in [0.29, 0.717) is 25.6 Å². The highest BCUT2D eigenvalue weighted by Gasteiger charge is 2.30. The third-order valence-electron chi connectivity index (χ3n) is 3.98. The molecule has 0 saturated carbocycles. The van der Waals surface area contributed by atoms with Gasteiger partial charge in [-0.1, -0.05) is 6.92 Å². The zero-order valence-electron chi connectivity index (χ0n) is 16.7. The van der Waals surface area contributed by atoms with Crippen molar-refractivity contribution in [1.29, 1.82) is 0 Å². The van der Waals surface area contributed by atoms with Crippen molar-refractivity contribution < 1.29 is 18.0 Å². The predicted octanol–water partition coefficient (Wildman–Crippen LogP) is 3.48. The Morgan fingerprint density at radius 2 is 1.73 bits per heavy atom. The first-order valence-electron chi connectivity index (χ1n) is 9.17. The molecule has 0 radical (unpaired) electrons. The standard InChI is InChI=1S/C19H24F3N5OS.HI/c1-3-15-12-27-16(29-15)8-9-25-18(23-2)26-11-10-24-17(28)13-4-6-14(7-5-13)19(20,21)22;/h4-7,12H,3,8-11H2,1-2H3,(H,24,28)(H2,23,25,26);1H. The van der Waals surface area contributed by atoms with Crippen molar-refractivity contribution in [3.05, 3.63) is 51.5 Å². The van der Waals surface area contributed by atoms with Crippen LogP contribution >= 0.6 is 35.3 Å². The normalized spacial score (nSPS) is 11.6. The molecule has 1 heterocycles. The zero-order chi connectivity index (χ0) is 21.3. The lowest BCUT2D eigenvalue weighted by Gasteiger charge is -2.12. The lowest BCUT2D eigenvalue weighted by atomic mass is 10.1. The van der Waals surface area contributed by atoms with Crippen molar-refractivity contribution in [3.63, 3.8) is 0 Å². The van der Waals surface area contributed by atoms with E-state index in [2.05, 4.69) is 32.9 Å². The van der Waals surface area contributed by atoms with Gasteiger partial charge in [0.05, 0.1) is 10.6 Å². The van der Waals surface area contributed by atoms with Gasteiger partial charge in [-0.2, -0.15) is 13.2 Å². The maximum Gasteiger partial charge on any atom is 0.416 e. The number of carbonyl (C=O) groups excluding carboxylic acids is 1. The number of carbonyl (C=O) groups is 1. The van der Waals surface area contributed by atoms with Crippen LogP contribution in [0.15, 0.2) is 35.5 Å². The van der Waals surface area contributed by atoms with Crippen molar-refractivity contribution in [3.8, 4) is 0 Å². The molecule has 0 atom stereocenters. The monoisotopic (exact) mass is 555 g/mol. The maximum atomic E-state index is 12.6. The number of aromatic nitrogens is 1. The van der Waals surface area contributed by atoms with Gasteiger partial charge < -0.3 is 16.0 Å². The van der Waals surface area contributed by atoms with E-state index in [4.69, 9.17) is 0 Å². The summed E-state index contributed by atoms with van der Waals surface area (Å²) in [5.41, 5.74) is -0.607. The quantitative estimate of drug-likeness (QED) is 0.202. The SMILES string of the molecule is CCc1cnc(CCNC(=NC)NCCNC(=O)c2ccc(C(F)(F)F)cc2)s1.I. The van der Waals surface area contributed by atoms with Crippen LogP contribution in [-0.2, 0) is 19.0 Å². The first-order chi connectivity index (χ1) is 13.8. The summed E-state index contributed by atoms with van der Waals surface area (Å²) < 4.78 is 37.7. The van der Waals surface area contributed by atoms with Gasteiger partial charge in [0.25, 0.3) is 5.91 Å². The zero-order valence-corrected chi connectivity index (χ0v) is 19.8. The summed E-state index contributed by atoms with van der Waals surface area (Å²) >= 11 is 1.70. The first-order valence-corrected chi connectivity index (χ1v) is 9.98. The average molecular weight is 555 g/mol. The minimum atomic E-state index is -4.42. The lowest BCUT2D eigenvalue weighted by Crippen LogP contribution is -2.42. The second kappa shape index (κ2) is 12.7. The highest BCUT2D eigenvalue weighted by Crippen LogP contribution is 2.29. The number of halogens is 4. The van der Waals surface area contributed by atoms with Crippen LogP contribution in [0.4, 0.5) is 13.2 Å². The number of hydrogen-bond acceptors (Lipinski definition) is 4. The lowest BCUT2D eigenvalue weighted by molar-refractivity contribution is -0.137. The fourth-order valence-electron chi connectivity index (χ4n) is 2.41. The van der Waals surface area contributed by atoms with Crippen molar-refractivity contribution in [2.75, 3.05) is 26.7 Å². The molecule has 0 aliphatic heterocycles. The summed E-state index contributed by atoms with van der Waals surface area (Å²) in [6, 6.07) is 4.11. The van der Waals surface area contributed by atoms with Crippen LogP contribution in [-0.4, -0.2) is 43.5 Å². The highest BCUT2D eigenvalue weighted by molar-refractivity contribution is 14.0. The number of hydrogen-bond donors (Lipinski definition) is 3. The van der Waals surface area contributed by atoms with Gasteiger partial charge in [-0.25, -0.2) is 4.98 Å². The molecule has 3 N–H and O–H groups in total. The summed E-state index contributed by atoms with van der Waals surface area (Å²) in [7, 11) is 1.65. The number of alkyl halides is 3. The number of aryl methyl sites for hydroxylation is 1. The number of aliphatic imine (C=N–C) groups is 1. The summed E-state index contributed by atoms with van der Waals surface area (Å²) in [6.07, 6.45) is -0.755. The van der Waals surface area contributed by atoms with Crippen LogP contribution in [0.3, 0.4) is 0 Å². The van der Waals surface area contributed by atoms with Gasteiger partial charge in [0.1, 0.15) is 0 Å². The van der Waals surface area contributed by atoms with Crippen molar-refractivity contribution in [2.45, 2.75) is 25.9 Å². The highest BCUT2D eigenvalue weighted by atomic mass is 127. The van der Waals surface area contributed by atoms with E-state index in [9.17, 15) is 18.0 Å². The van der Waals surface area contributed by atoms with Gasteiger partial charge in [-0.3, -0.25) is 9.79 Å². The molecule has 30 heavy (non-hydrogen) atoms. The van der Waals surface area contributed by atoms with Crippen molar-refractivity contribution >= 4 is 47.2 Å². The smallest absolute Gasteiger partial charge is 0.356 e. The Morgan fingerprint density at radius 3 is 2.30 bits per heavy atom. The van der Waals surface area contributed by atoms with Crippen LogP contribution in [0.2, 0.25) is 0 Å². The number of guanidine groups is 1. The molecule has 1 aromatic carbocycles. The molecule has 0 spiro atoms. The van der Waals surface area contributed by atoms with Gasteiger partial charge in [-0.15, -0.1) is 35.3 Å². The molecule has 6 nitrogen and oxygen atoms in total. The van der Waals surface area contributed by atoms with Gasteiger partial charge in [0, 0.05) is 49.7 Å². The molecule has 0 saturated heterocycles. The Kier molecular flexibility index (Phi) is 11.1. The number of nitrogens with zero attached hydrogens (tertiary/aromatic N) is 2. The molecule has 0 fully saturated rings. The summed E-state index contributed by atoms with van der Waals surface area (Å²) in [6.45, 7) is 3.49. The van der Waals surface area contributed by atoms with E-state index >= 15 is 0 Å². The van der Waals surface area contributed by atoms with Crippen molar-refractivity contribution in [2.24, 2.45) is 4.99 Å². The molecule has 1 amide bonds. The van der Waals surface area contributed by atoms with E-state index in [-0.39, 0.29) is 29.5 Å². The van der Waals surface area contributed by atoms with Gasteiger partial charge in [0.2, 0.25) is 0 Å². The Hall–Kier alpha value is -1.89. The number of benzene rings is 1. The van der Waals surface area contributed by atoms with E-state index in [1.165, 1.54) is 4.88 Å². The Balaban J connectivity index is 0.00000450. The Morgan fingerprint density at radius 1 is 1.10 bits per heavy atom. The molecule has 1 aromatic heterocycles. The third kappa shape index (κ3) is 8.46. The average Bonchev–Trinajstić information content (AvgIpc) is 3.17. The van der Waals surface area contributed by atoms with Crippen LogP contribution in [0.25, 0.3) is 0 Å². The molecular formula is C19H25F3IN5OS. The Labute approximate surface area is 194 Å². The minimum absolute atomic E-state index is 0. The minimum Gasteiger partial charge on any atom is -0.356 e. The van der Waals surface area contributed by atoms with Gasteiger partial charge in [-0.05, 0) is 30.7 Å². The summed E-state index contributed by atoms with van der Waals surface area (Å²) in [5, 5.41) is 9.96. The molecule has 2 rings (SSSR count). The second-order valence-corrected chi connectivity index (χ2v) is 7.28. The molecule has 0 unspecified atom stereocenters. The number of nitrogens with one attached hydrogen (secondary N) is 3. The van der Waals surface area contributed by atoms with Crippen LogP contribution in [0, 0.1) is 0 Å². The van der Waals surface area contributed by atoms with Crippen LogP contribution < -0.4 is 16.0 Å². The summed E-state index contributed by atoms with van der Waals surface area (Å²) in [5.74, 6) is 0.167. The van der Waals surface area contributed by atoms with Crippen LogP contribution in [0.1, 0.15) is 32.7 Å². The van der Waals surface area contributed by atoms with Gasteiger partial charge >= 0.3 is 6.18 Å². The predicted molar refractivity (Wildman–Crippen MR) is 124 cm³/mol. The van der Waals surface area contributed by atoms with Gasteiger partial charge in [0.15, 0.2) is 5.96 Å². The first kappa shape index (κ1) is 26.1. The number of amides is 1. The van der Waals surface area contributed by atoms with Crippen LogP contribution in [0.5, 0.6) is 0 Å². The molecular weight excluding hydrogens is 530 g/mol. The Bertz CT molecular complexity index is 824. The van der Waals surface area contributed by atoms with E-state index < -0.39 is 17.6 Å². The molecule has 0 bridgehead atoms. The summed E-state index contributed by atoms with van der Waals surface area (Å²) in [4.78, 5) is 21.7. The van der Waals surface area contributed by atoms with E-state index in [1.807, 2.05) is 6.20 Å². The fourth-order valence-corrected chi connectivity index (χ4v) is 3.27. The number of thiazole rings is 1. The molecule has 11 heteroatoms. The van der Waals surface area contributed by atoms with Crippen molar-refractivity contribution in [1.82, 2.24) is 20.9 Å². The molecule has 0 aliphatic rings. The largest absolute Gasteiger partial charge is 0.416 e. The van der Waals surface area contributed by atoms with E-state index in [1.54, 1.807) is 18.4 Å².